The lowest BCUT2D eigenvalue weighted by Crippen LogP contribution is -2.20. The average Bonchev–Trinajstić information content (AvgIpc) is 2.28. The zero-order valence-electron chi connectivity index (χ0n) is 9.79. The Balaban J connectivity index is 2.68. The van der Waals surface area contributed by atoms with Crippen LogP contribution in [0.3, 0.4) is 0 Å². The third-order valence-corrected chi connectivity index (χ3v) is 2.29. The zero-order chi connectivity index (χ0) is 11.1. The molecule has 0 saturated carbocycles. The summed E-state index contributed by atoms with van der Waals surface area (Å²) in [6, 6.07) is 4.36. The molecular weight excluding hydrogens is 188 g/mol. The average molecular weight is 208 g/mol. The smallest absolute Gasteiger partial charge is 0.137 e. The van der Waals surface area contributed by atoms with Crippen LogP contribution in [-0.4, -0.2) is 18.1 Å². The maximum atomic E-state index is 5.35. The molecule has 3 nitrogen and oxygen atoms in total. The Morgan fingerprint density at radius 1 is 1.33 bits per heavy atom. The molecule has 1 aromatic rings. The molecule has 1 rings (SSSR count). The second-order valence-corrected chi connectivity index (χ2v) is 3.37. The molecule has 0 fully saturated rings. The van der Waals surface area contributed by atoms with Crippen molar-refractivity contribution in [3.05, 3.63) is 24.0 Å². The summed E-state index contributed by atoms with van der Waals surface area (Å²) in [5.74, 6) is 0.840. The van der Waals surface area contributed by atoms with E-state index in [-0.39, 0.29) is 0 Å². The van der Waals surface area contributed by atoms with Crippen molar-refractivity contribution in [2.24, 2.45) is 0 Å². The van der Waals surface area contributed by atoms with Gasteiger partial charge in [0.1, 0.15) is 5.75 Å². The highest BCUT2D eigenvalue weighted by molar-refractivity contribution is 5.21. The van der Waals surface area contributed by atoms with Gasteiger partial charge in [0.25, 0.3) is 0 Å². The molecule has 3 heteroatoms. The Bertz CT molecular complexity index is 271. The number of aromatic nitrogens is 1. The van der Waals surface area contributed by atoms with Crippen molar-refractivity contribution in [2.75, 3.05) is 13.2 Å². The van der Waals surface area contributed by atoms with Crippen LogP contribution in [0.2, 0.25) is 0 Å². The summed E-state index contributed by atoms with van der Waals surface area (Å²) in [5, 5.41) is 3.40. The number of rotatable bonds is 6. The van der Waals surface area contributed by atoms with Gasteiger partial charge in [-0.05, 0) is 32.0 Å². The predicted molar refractivity (Wildman–Crippen MR) is 62.1 cm³/mol. The van der Waals surface area contributed by atoms with Crippen LogP contribution in [0.15, 0.2) is 18.3 Å². The highest BCUT2D eigenvalue weighted by Crippen LogP contribution is 2.16. The first kappa shape index (κ1) is 12.0. The maximum absolute atomic E-state index is 5.35. The molecule has 0 aromatic carbocycles. The highest BCUT2D eigenvalue weighted by Gasteiger charge is 2.08. The van der Waals surface area contributed by atoms with Crippen LogP contribution >= 0.6 is 0 Å². The maximum Gasteiger partial charge on any atom is 0.137 e. The first-order chi connectivity index (χ1) is 7.31. The number of nitrogens with zero attached hydrogens (tertiary/aromatic N) is 1. The van der Waals surface area contributed by atoms with Crippen molar-refractivity contribution in [3.63, 3.8) is 0 Å². The van der Waals surface area contributed by atoms with Crippen molar-refractivity contribution in [2.45, 2.75) is 33.2 Å². The standard InChI is InChI=1S/C12H20N2O/c1-4-11(13-5-2)12-8-7-10(9-14-12)15-6-3/h7-9,11,13H,4-6H2,1-3H3. The molecule has 0 amide bonds. The Morgan fingerprint density at radius 2 is 2.13 bits per heavy atom. The van der Waals surface area contributed by atoms with Crippen LogP contribution in [0.1, 0.15) is 38.9 Å². The number of hydrogen-bond donors (Lipinski definition) is 1. The summed E-state index contributed by atoms with van der Waals surface area (Å²) in [5.41, 5.74) is 1.09. The van der Waals surface area contributed by atoms with E-state index in [9.17, 15) is 0 Å². The monoisotopic (exact) mass is 208 g/mol. The molecule has 1 heterocycles. The van der Waals surface area contributed by atoms with Gasteiger partial charge < -0.3 is 10.1 Å². The lowest BCUT2D eigenvalue weighted by Gasteiger charge is -2.15. The van der Waals surface area contributed by atoms with Gasteiger partial charge >= 0.3 is 0 Å². The predicted octanol–water partition coefficient (Wildman–Crippen LogP) is 2.54. The SMILES string of the molecule is CCNC(CC)c1ccc(OCC)cn1. The Labute approximate surface area is 91.9 Å². The molecule has 1 atom stereocenters. The largest absolute Gasteiger partial charge is 0.492 e. The van der Waals surface area contributed by atoms with Crippen molar-refractivity contribution >= 4 is 0 Å². The summed E-state index contributed by atoms with van der Waals surface area (Å²) in [4.78, 5) is 4.40. The van der Waals surface area contributed by atoms with Crippen molar-refractivity contribution in [3.8, 4) is 5.75 Å². The molecule has 0 saturated heterocycles. The fourth-order valence-electron chi connectivity index (χ4n) is 1.55. The minimum Gasteiger partial charge on any atom is -0.492 e. The minimum atomic E-state index is 0.352. The topological polar surface area (TPSA) is 34.1 Å². The minimum absolute atomic E-state index is 0.352. The second-order valence-electron chi connectivity index (χ2n) is 3.37. The van der Waals surface area contributed by atoms with Gasteiger partial charge in [-0.15, -0.1) is 0 Å². The van der Waals surface area contributed by atoms with Gasteiger partial charge in [0.15, 0.2) is 0 Å². The van der Waals surface area contributed by atoms with Crippen LogP contribution in [0, 0.1) is 0 Å². The molecule has 0 bridgehead atoms. The van der Waals surface area contributed by atoms with Gasteiger partial charge in [-0.3, -0.25) is 4.98 Å². The molecule has 0 radical (unpaired) electrons. The normalized spacial score (nSPS) is 12.5. The van der Waals surface area contributed by atoms with E-state index in [1.165, 1.54) is 0 Å². The summed E-state index contributed by atoms with van der Waals surface area (Å²) in [7, 11) is 0. The fourth-order valence-corrected chi connectivity index (χ4v) is 1.55. The van der Waals surface area contributed by atoms with Crippen LogP contribution in [0.4, 0.5) is 0 Å². The van der Waals surface area contributed by atoms with Gasteiger partial charge in [0, 0.05) is 6.04 Å². The van der Waals surface area contributed by atoms with Gasteiger partial charge in [0.2, 0.25) is 0 Å². The first-order valence-electron chi connectivity index (χ1n) is 5.63. The summed E-state index contributed by atoms with van der Waals surface area (Å²) >= 11 is 0. The van der Waals surface area contributed by atoms with Gasteiger partial charge in [-0.25, -0.2) is 0 Å². The Kier molecular flexibility index (Phi) is 5.12. The number of pyridine rings is 1. The van der Waals surface area contributed by atoms with E-state index in [0.717, 1.165) is 24.4 Å². The van der Waals surface area contributed by atoms with Crippen LogP contribution in [0.5, 0.6) is 5.75 Å². The molecule has 15 heavy (non-hydrogen) atoms. The van der Waals surface area contributed by atoms with Gasteiger partial charge in [-0.1, -0.05) is 13.8 Å². The molecular formula is C12H20N2O. The zero-order valence-corrected chi connectivity index (χ0v) is 9.79. The Morgan fingerprint density at radius 3 is 2.60 bits per heavy atom. The number of hydrogen-bond acceptors (Lipinski definition) is 3. The van der Waals surface area contributed by atoms with E-state index in [1.807, 2.05) is 19.1 Å². The van der Waals surface area contributed by atoms with Gasteiger partial charge in [0.05, 0.1) is 18.5 Å². The molecule has 0 aliphatic rings. The Hall–Kier alpha value is -1.09. The van der Waals surface area contributed by atoms with E-state index >= 15 is 0 Å². The molecule has 1 aromatic heterocycles. The van der Waals surface area contributed by atoms with Crippen molar-refractivity contribution < 1.29 is 4.74 Å². The van der Waals surface area contributed by atoms with Crippen LogP contribution < -0.4 is 10.1 Å². The molecule has 84 valence electrons. The van der Waals surface area contributed by atoms with E-state index in [4.69, 9.17) is 4.74 Å². The second kappa shape index (κ2) is 6.40. The number of ether oxygens (including phenoxy) is 1. The lowest BCUT2D eigenvalue weighted by molar-refractivity contribution is 0.338. The first-order valence-corrected chi connectivity index (χ1v) is 5.63. The van der Waals surface area contributed by atoms with Gasteiger partial charge in [-0.2, -0.15) is 0 Å². The summed E-state index contributed by atoms with van der Waals surface area (Å²) < 4.78 is 5.35. The molecule has 0 aliphatic heterocycles. The molecule has 0 aliphatic carbocycles. The number of nitrogens with one attached hydrogen (secondary N) is 1. The molecule has 1 N–H and O–H groups in total. The molecule has 0 spiro atoms. The van der Waals surface area contributed by atoms with Crippen LogP contribution in [0.25, 0.3) is 0 Å². The fraction of sp³-hybridized carbons (Fsp3) is 0.583. The molecule has 1 unspecified atom stereocenters. The van der Waals surface area contributed by atoms with E-state index in [0.29, 0.717) is 12.6 Å². The third-order valence-electron chi connectivity index (χ3n) is 2.29. The quantitative estimate of drug-likeness (QED) is 0.780. The van der Waals surface area contributed by atoms with Crippen molar-refractivity contribution in [1.29, 1.82) is 0 Å². The van der Waals surface area contributed by atoms with E-state index in [2.05, 4.69) is 24.1 Å². The third kappa shape index (κ3) is 3.51. The highest BCUT2D eigenvalue weighted by atomic mass is 16.5. The van der Waals surface area contributed by atoms with Crippen LogP contribution in [-0.2, 0) is 0 Å². The van der Waals surface area contributed by atoms with E-state index in [1.54, 1.807) is 6.20 Å². The van der Waals surface area contributed by atoms with Crippen molar-refractivity contribution in [1.82, 2.24) is 10.3 Å². The van der Waals surface area contributed by atoms with E-state index < -0.39 is 0 Å². The lowest BCUT2D eigenvalue weighted by atomic mass is 10.1. The summed E-state index contributed by atoms with van der Waals surface area (Å²) in [6.45, 7) is 7.89. The summed E-state index contributed by atoms with van der Waals surface area (Å²) in [6.07, 6.45) is 2.84.